The molecule has 0 radical (unpaired) electrons. The molecule has 1 aliphatic rings. The monoisotopic (exact) mass is 408 g/mol. The van der Waals surface area contributed by atoms with Crippen LogP contribution in [-0.2, 0) is 0 Å². The Hall–Kier alpha value is -0.670. The summed E-state index contributed by atoms with van der Waals surface area (Å²) in [5.41, 5.74) is 0. The van der Waals surface area contributed by atoms with Crippen molar-refractivity contribution in [2.45, 2.75) is 13.0 Å². The minimum Gasteiger partial charge on any atom is -0.494 e. The van der Waals surface area contributed by atoms with E-state index in [9.17, 15) is 0 Å². The van der Waals surface area contributed by atoms with E-state index in [1.807, 2.05) is 6.92 Å². The topological polar surface area (TPSA) is 63.4 Å². The maximum atomic E-state index is 5.46. The molecule has 122 valence electrons. The zero-order valence-electron chi connectivity index (χ0n) is 12.6. The van der Waals surface area contributed by atoms with Crippen LogP contribution in [0.15, 0.2) is 9.00 Å². The van der Waals surface area contributed by atoms with E-state index in [0.29, 0.717) is 11.7 Å². The third kappa shape index (κ3) is 3.16. The molecule has 0 aromatic carbocycles. The number of thiophene rings is 1. The third-order valence-electron chi connectivity index (χ3n) is 3.62. The fourth-order valence-corrected chi connectivity index (χ4v) is 4.05. The van der Waals surface area contributed by atoms with Crippen LogP contribution in [0.25, 0.3) is 10.8 Å². The van der Waals surface area contributed by atoms with Gasteiger partial charge in [0, 0.05) is 24.5 Å². The number of ether oxygens (including phenoxy) is 1. The molecular weight excluding hydrogens is 392 g/mol. The van der Waals surface area contributed by atoms with E-state index in [0.717, 1.165) is 39.6 Å². The molecular formula is C13H18BrClN4O2S. The predicted molar refractivity (Wildman–Crippen MR) is 92.1 cm³/mol. The summed E-state index contributed by atoms with van der Waals surface area (Å²) in [5, 5.41) is 7.50. The van der Waals surface area contributed by atoms with Crippen LogP contribution in [0.4, 0.5) is 0 Å². The van der Waals surface area contributed by atoms with Crippen LogP contribution >= 0.6 is 39.7 Å². The van der Waals surface area contributed by atoms with Crippen molar-refractivity contribution in [1.82, 2.24) is 20.4 Å². The van der Waals surface area contributed by atoms with Gasteiger partial charge in [0.15, 0.2) is 11.6 Å². The van der Waals surface area contributed by atoms with Crippen molar-refractivity contribution in [3.8, 4) is 16.5 Å². The molecule has 0 spiro atoms. The molecule has 1 unspecified atom stereocenters. The van der Waals surface area contributed by atoms with Gasteiger partial charge in [-0.05, 0) is 29.9 Å². The summed E-state index contributed by atoms with van der Waals surface area (Å²) in [5.74, 6) is 1.98. The van der Waals surface area contributed by atoms with Crippen LogP contribution < -0.4 is 10.1 Å². The molecule has 1 aliphatic heterocycles. The molecule has 0 bridgehead atoms. The first-order chi connectivity index (χ1) is 10.1. The Morgan fingerprint density at radius 2 is 2.27 bits per heavy atom. The number of nitrogens with one attached hydrogen (secondary N) is 1. The first-order valence-corrected chi connectivity index (χ1v) is 8.30. The highest BCUT2D eigenvalue weighted by Crippen LogP contribution is 2.44. The highest BCUT2D eigenvalue weighted by molar-refractivity contribution is 9.10. The Labute approximate surface area is 147 Å². The van der Waals surface area contributed by atoms with Gasteiger partial charge in [-0.3, -0.25) is 4.90 Å². The Morgan fingerprint density at radius 3 is 2.95 bits per heavy atom. The van der Waals surface area contributed by atoms with Gasteiger partial charge in [-0.1, -0.05) is 5.16 Å². The highest BCUT2D eigenvalue weighted by Gasteiger charge is 2.27. The van der Waals surface area contributed by atoms with Gasteiger partial charge in [0.2, 0.25) is 0 Å². The molecule has 6 nitrogen and oxygen atoms in total. The number of hydrogen-bond acceptors (Lipinski definition) is 7. The largest absolute Gasteiger partial charge is 0.494 e. The lowest BCUT2D eigenvalue weighted by molar-refractivity contribution is 0.190. The number of likely N-dealkylation sites (N-methyl/N-ethyl adjacent to an activating group) is 1. The summed E-state index contributed by atoms with van der Waals surface area (Å²) in [7, 11) is 3.72. The Morgan fingerprint density at radius 1 is 1.50 bits per heavy atom. The number of methoxy groups -OCH3 is 1. The van der Waals surface area contributed by atoms with Crippen LogP contribution in [0.3, 0.4) is 0 Å². The highest BCUT2D eigenvalue weighted by atomic mass is 79.9. The third-order valence-corrected chi connectivity index (χ3v) is 5.91. The van der Waals surface area contributed by atoms with Gasteiger partial charge in [0.05, 0.1) is 17.6 Å². The summed E-state index contributed by atoms with van der Waals surface area (Å²) in [6, 6.07) is 0.145. The number of rotatable bonds is 3. The van der Waals surface area contributed by atoms with Gasteiger partial charge in [0.1, 0.15) is 4.88 Å². The summed E-state index contributed by atoms with van der Waals surface area (Å²) in [6.07, 6.45) is 0. The lowest BCUT2D eigenvalue weighted by atomic mass is 10.2. The van der Waals surface area contributed by atoms with Gasteiger partial charge >= 0.3 is 0 Å². The van der Waals surface area contributed by atoms with Crippen molar-refractivity contribution >= 4 is 39.7 Å². The molecule has 1 N–H and O–H groups in total. The van der Waals surface area contributed by atoms with E-state index in [-0.39, 0.29) is 18.4 Å². The average Bonchev–Trinajstić information content (AvgIpc) is 3.06. The van der Waals surface area contributed by atoms with Crippen LogP contribution in [-0.4, -0.2) is 48.8 Å². The van der Waals surface area contributed by atoms with Crippen LogP contribution in [0.2, 0.25) is 0 Å². The summed E-state index contributed by atoms with van der Waals surface area (Å²) in [6.45, 7) is 4.82. The zero-order valence-corrected chi connectivity index (χ0v) is 15.8. The molecule has 3 heterocycles. The fraction of sp³-hybridized carbons (Fsp3) is 0.538. The Bertz CT molecular complexity index is 648. The minimum absolute atomic E-state index is 0. The molecule has 22 heavy (non-hydrogen) atoms. The lowest BCUT2D eigenvalue weighted by Crippen LogP contribution is -2.44. The average molecular weight is 410 g/mol. The van der Waals surface area contributed by atoms with Gasteiger partial charge < -0.3 is 14.6 Å². The van der Waals surface area contributed by atoms with E-state index in [1.165, 1.54) is 0 Å². The van der Waals surface area contributed by atoms with Gasteiger partial charge in [-0.25, -0.2) is 0 Å². The summed E-state index contributed by atoms with van der Waals surface area (Å²) < 4.78 is 11.8. The van der Waals surface area contributed by atoms with Crippen molar-refractivity contribution in [2.75, 3.05) is 33.8 Å². The van der Waals surface area contributed by atoms with E-state index >= 15 is 0 Å². The quantitative estimate of drug-likeness (QED) is 0.841. The van der Waals surface area contributed by atoms with Gasteiger partial charge in [0.25, 0.3) is 5.89 Å². The molecule has 9 heteroatoms. The van der Waals surface area contributed by atoms with Crippen LogP contribution in [0.5, 0.6) is 5.75 Å². The standard InChI is InChI=1S/C13H17BrN4O2S.ClH/c1-7-9(14)10(19-3)11(21-7)13-16-12(17-20-13)8-6-15-4-5-18(8)2;/h8,15H,4-6H2,1-3H3;1H. The number of halogens is 2. The maximum Gasteiger partial charge on any atom is 0.271 e. The van der Waals surface area contributed by atoms with Gasteiger partial charge in [-0.15, -0.1) is 23.7 Å². The van der Waals surface area contributed by atoms with Crippen molar-refractivity contribution in [1.29, 1.82) is 0 Å². The maximum absolute atomic E-state index is 5.46. The van der Waals surface area contributed by atoms with Crippen molar-refractivity contribution in [3.05, 3.63) is 15.2 Å². The van der Waals surface area contributed by atoms with Crippen molar-refractivity contribution in [3.63, 3.8) is 0 Å². The molecule has 1 atom stereocenters. The summed E-state index contributed by atoms with van der Waals surface area (Å²) in [4.78, 5) is 8.79. The molecule has 2 aromatic heterocycles. The molecule has 3 rings (SSSR count). The second-order valence-corrected chi connectivity index (χ2v) is 7.01. The fourth-order valence-electron chi connectivity index (χ4n) is 2.38. The normalized spacial score (nSPS) is 19.0. The number of aryl methyl sites for hydroxylation is 1. The zero-order chi connectivity index (χ0) is 15.0. The first-order valence-electron chi connectivity index (χ1n) is 6.69. The number of piperazine rings is 1. The molecule has 1 fully saturated rings. The Balaban J connectivity index is 0.00000176. The van der Waals surface area contributed by atoms with E-state index in [4.69, 9.17) is 9.26 Å². The molecule has 0 saturated carbocycles. The SMILES string of the molecule is COc1c(-c2nc(C3CNCCN3C)no2)sc(C)c1Br.Cl. The summed E-state index contributed by atoms with van der Waals surface area (Å²) >= 11 is 5.11. The minimum atomic E-state index is 0. The molecule has 2 aromatic rings. The predicted octanol–water partition coefficient (Wildman–Crippen LogP) is 2.88. The molecule has 0 amide bonds. The van der Waals surface area contributed by atoms with E-state index in [2.05, 4.69) is 43.3 Å². The van der Waals surface area contributed by atoms with E-state index in [1.54, 1.807) is 18.4 Å². The lowest BCUT2D eigenvalue weighted by Gasteiger charge is -2.30. The second-order valence-electron chi connectivity index (χ2n) is 4.99. The van der Waals surface area contributed by atoms with Crippen molar-refractivity contribution in [2.24, 2.45) is 0 Å². The van der Waals surface area contributed by atoms with E-state index < -0.39 is 0 Å². The van der Waals surface area contributed by atoms with Crippen LogP contribution in [0, 0.1) is 6.92 Å². The van der Waals surface area contributed by atoms with Crippen LogP contribution in [0.1, 0.15) is 16.7 Å². The number of aromatic nitrogens is 2. The number of hydrogen-bond donors (Lipinski definition) is 1. The second kappa shape index (κ2) is 7.27. The molecule has 0 aliphatic carbocycles. The van der Waals surface area contributed by atoms with Crippen molar-refractivity contribution < 1.29 is 9.26 Å². The van der Waals surface area contributed by atoms with Gasteiger partial charge in [-0.2, -0.15) is 4.98 Å². The number of nitrogens with zero attached hydrogens (tertiary/aromatic N) is 3. The smallest absolute Gasteiger partial charge is 0.271 e. The Kier molecular flexibility index (Phi) is 5.84. The molecule has 1 saturated heterocycles. The first kappa shape index (κ1) is 17.7.